The fraction of sp³-hybridized carbons (Fsp3) is 0.462. The average Bonchev–Trinajstić information content (AvgIpc) is 1.34. The molecule has 12 bridgehead atoms. The minimum Gasteiger partial charge on any atom is -0.398 e. The van der Waals surface area contributed by atoms with Gasteiger partial charge in [-0.2, -0.15) is 15.0 Å². The first-order valence-corrected chi connectivity index (χ1v) is 36.7. The number of aromatic nitrogens is 15. The first-order valence-electron chi connectivity index (χ1n) is 36.3. The van der Waals surface area contributed by atoms with Crippen molar-refractivity contribution in [1.82, 2.24) is 72.3 Å². The van der Waals surface area contributed by atoms with E-state index < -0.39 is 11.2 Å². The van der Waals surface area contributed by atoms with Crippen LogP contribution in [-0.4, -0.2) is 93.7 Å². The van der Waals surface area contributed by atoms with E-state index in [0.717, 1.165) is 177 Å². The van der Waals surface area contributed by atoms with Crippen LogP contribution in [0.1, 0.15) is 132 Å². The summed E-state index contributed by atoms with van der Waals surface area (Å²) < 4.78 is 10.7. The summed E-state index contributed by atoms with van der Waals surface area (Å²) in [7, 11) is 5.37. The molecule has 24 heteroatoms. The maximum Gasteiger partial charge on any atom is 0.330 e. The van der Waals surface area contributed by atoms with E-state index in [1.807, 2.05) is 95.1 Å². The Kier molecular flexibility index (Phi) is 14.9. The van der Waals surface area contributed by atoms with Crippen molar-refractivity contribution in [1.29, 1.82) is 0 Å². The molecule has 524 valence electrons. The second-order valence-corrected chi connectivity index (χ2v) is 32.9. The number of nitrogens with zero attached hydrogens (tertiary/aromatic N) is 15. The molecule has 9 heterocycles. The smallest absolute Gasteiger partial charge is 0.330 e. The number of halogens is 1. The highest BCUT2D eigenvalue weighted by molar-refractivity contribution is 6.28. The second kappa shape index (κ2) is 23.5. The summed E-state index contributed by atoms with van der Waals surface area (Å²) in [4.78, 5) is 80.4. The largest absolute Gasteiger partial charge is 0.398 e. The molecule has 3 aromatic carbocycles. The van der Waals surface area contributed by atoms with Gasteiger partial charge in [0.25, 0.3) is 0 Å². The number of nitrogens with two attached hydrogens (primary N) is 1. The number of rotatable bonds is 7. The number of nitrogen functional groups attached to an aromatic ring is 1. The molecule has 23 nitrogen and oxygen atoms in total. The van der Waals surface area contributed by atoms with Crippen molar-refractivity contribution in [2.24, 2.45) is 62.6 Å². The lowest BCUT2D eigenvalue weighted by atomic mass is 9.51. The molecule has 12 saturated carbocycles. The molecule has 0 radical (unpaired) electrons. The van der Waals surface area contributed by atoms with Gasteiger partial charge in [0.1, 0.15) is 16.6 Å². The number of pyridine rings is 3. The Morgan fingerprint density at radius 1 is 0.441 bits per heavy atom. The van der Waals surface area contributed by atoms with Gasteiger partial charge in [0.05, 0.1) is 63.0 Å². The summed E-state index contributed by atoms with van der Waals surface area (Å²) in [5.41, 5.74) is 16.5. The van der Waals surface area contributed by atoms with Crippen LogP contribution in [0, 0.1) is 62.2 Å². The Hall–Kier alpha value is -9.45. The summed E-state index contributed by atoms with van der Waals surface area (Å²) in [5, 5.41) is 32.7. The fourth-order valence-electron chi connectivity index (χ4n) is 22.1. The standard InChI is InChI=1S/2C26H28N6O2.C16H19ClN4O.C10H10N2/c2*1-15-6-20-18(4-3-5-27-20)8-19(15)29-23-28-13-21-22(30-23)32(24(33)31(21)2)25-9-16-7-17(10-25)12-26(34,11-16)14-25;1-20-12-8-18-14(17)19-13(12)21(15(20)22)16-5-9-2-10(6-16)4-11(3-9)7-16;1-7-5-10-8(6-9(7)11)3-2-4-12-10/h2*3-6,8,13,16-17,34H,7,9-12,14H2,1-2H3,(H,28,29,30);8-11H,2-7H2,1H3;2-6H,11H2,1H3. The van der Waals surface area contributed by atoms with Gasteiger partial charge in [-0.1, -0.05) is 18.2 Å². The molecule has 12 fully saturated rings. The number of aliphatic hydroxyl groups is 2. The van der Waals surface area contributed by atoms with Crippen molar-refractivity contribution in [3.8, 4) is 0 Å². The summed E-state index contributed by atoms with van der Waals surface area (Å²) in [6, 6.07) is 24.0. The van der Waals surface area contributed by atoms with E-state index in [2.05, 4.69) is 57.7 Å². The van der Waals surface area contributed by atoms with E-state index >= 15 is 0 Å². The third kappa shape index (κ3) is 10.8. The van der Waals surface area contributed by atoms with Crippen LogP contribution in [0.2, 0.25) is 5.28 Å². The quantitative estimate of drug-likeness (QED) is 0.0732. The van der Waals surface area contributed by atoms with Crippen molar-refractivity contribution < 1.29 is 10.2 Å². The monoisotopic (exact) mass is 1390 g/mol. The van der Waals surface area contributed by atoms with Crippen LogP contribution in [0.3, 0.4) is 0 Å². The van der Waals surface area contributed by atoms with Crippen LogP contribution < -0.4 is 33.4 Å². The van der Waals surface area contributed by atoms with Gasteiger partial charge < -0.3 is 26.6 Å². The van der Waals surface area contributed by atoms with Crippen LogP contribution in [0.4, 0.5) is 29.0 Å². The zero-order chi connectivity index (χ0) is 70.1. The fourth-order valence-corrected chi connectivity index (χ4v) is 22.2. The Morgan fingerprint density at radius 2 is 0.784 bits per heavy atom. The van der Waals surface area contributed by atoms with Crippen LogP contribution in [0.25, 0.3) is 66.2 Å². The highest BCUT2D eigenvalue weighted by Gasteiger charge is 2.61. The molecular formula is C78H85ClN18O5. The van der Waals surface area contributed by atoms with E-state index in [0.29, 0.717) is 59.7 Å². The molecule has 0 aliphatic heterocycles. The van der Waals surface area contributed by atoms with Crippen LogP contribution in [-0.2, 0) is 37.8 Å². The van der Waals surface area contributed by atoms with Crippen LogP contribution in [0.5, 0.6) is 0 Å². The highest BCUT2D eigenvalue weighted by Crippen LogP contribution is 2.63. The molecule has 102 heavy (non-hydrogen) atoms. The predicted octanol–water partition coefficient (Wildman–Crippen LogP) is 12.4. The van der Waals surface area contributed by atoms with Crippen LogP contribution >= 0.6 is 11.6 Å². The topological polar surface area (TPSA) is 287 Å². The van der Waals surface area contributed by atoms with E-state index in [1.165, 1.54) is 32.1 Å². The first kappa shape index (κ1) is 64.6. The van der Waals surface area contributed by atoms with E-state index in [9.17, 15) is 24.6 Å². The molecule has 4 unspecified atom stereocenters. The van der Waals surface area contributed by atoms with Crippen molar-refractivity contribution in [3.63, 3.8) is 0 Å². The summed E-state index contributed by atoms with van der Waals surface area (Å²) >= 11 is 6.01. The zero-order valence-electron chi connectivity index (χ0n) is 58.4. The number of hydrogen-bond donors (Lipinski definition) is 5. The number of anilines is 5. The number of aryl methyl sites for hydroxylation is 6. The SMILES string of the molecule is Cc1cc2ncccc2cc1N.Cc1cc2ncccc2cc1Nc1ncc2c(n1)n(C13CC4CC(CC(O)(C4)C1)C3)c(=O)n2C.Cc1cc2ncccc2cc1Nc1ncc2c(n1)n(C13CC4CC(CC(O)(C4)C1)C3)c(=O)n2C.Cn1c(=O)n(C23CC4CC(CC(C4)C2)C3)c2nc(Cl)ncc21. The van der Waals surface area contributed by atoms with Gasteiger partial charge >= 0.3 is 17.1 Å². The average molecular weight is 1390 g/mol. The molecule has 12 aliphatic rings. The predicted molar refractivity (Wildman–Crippen MR) is 395 cm³/mol. The molecule has 6 N–H and O–H groups in total. The normalized spacial score (nSPS) is 29.0. The van der Waals surface area contributed by atoms with E-state index in [-0.39, 0.29) is 39.0 Å². The maximum atomic E-state index is 13.5. The van der Waals surface area contributed by atoms with Gasteiger partial charge in [0, 0.05) is 73.0 Å². The van der Waals surface area contributed by atoms with E-state index in [4.69, 9.17) is 27.3 Å². The van der Waals surface area contributed by atoms with Crippen molar-refractivity contribution in [2.75, 3.05) is 16.4 Å². The van der Waals surface area contributed by atoms with Gasteiger partial charge in [-0.05, 0) is 261 Å². The lowest BCUT2D eigenvalue weighted by Gasteiger charge is -2.60. The van der Waals surface area contributed by atoms with Gasteiger partial charge in [-0.25, -0.2) is 29.3 Å². The second-order valence-electron chi connectivity index (χ2n) is 32.5. The third-order valence-electron chi connectivity index (χ3n) is 25.2. The summed E-state index contributed by atoms with van der Waals surface area (Å²) in [6.45, 7) is 6.05. The van der Waals surface area contributed by atoms with E-state index in [1.54, 1.807) is 72.0 Å². The van der Waals surface area contributed by atoms with Gasteiger partial charge in [-0.15, -0.1) is 0 Å². The first-order chi connectivity index (χ1) is 49.0. The van der Waals surface area contributed by atoms with Crippen molar-refractivity contribution in [3.05, 3.63) is 163 Å². The third-order valence-corrected chi connectivity index (χ3v) is 25.4. The Morgan fingerprint density at radius 3 is 1.19 bits per heavy atom. The number of nitrogens with one attached hydrogen (secondary N) is 2. The Labute approximate surface area is 592 Å². The van der Waals surface area contributed by atoms with Gasteiger partial charge in [0.15, 0.2) is 16.9 Å². The summed E-state index contributed by atoms with van der Waals surface area (Å²) in [5.74, 6) is 5.16. The molecule has 0 saturated heterocycles. The molecule has 24 rings (SSSR count). The lowest BCUT2D eigenvalue weighted by molar-refractivity contribution is -0.156. The number of benzene rings is 3. The summed E-state index contributed by atoms with van der Waals surface area (Å²) in [6.07, 6.45) is 28.8. The minimum atomic E-state index is -0.657. The van der Waals surface area contributed by atoms with Crippen molar-refractivity contribution >= 4 is 107 Å². The molecule has 0 spiro atoms. The molecule has 12 aliphatic carbocycles. The van der Waals surface area contributed by atoms with Crippen molar-refractivity contribution in [2.45, 2.75) is 164 Å². The molecule has 12 aromatic rings. The lowest BCUT2D eigenvalue weighted by Crippen LogP contribution is -2.61. The minimum absolute atomic E-state index is 0.0357. The molecule has 9 aromatic heterocycles. The number of imidazole rings is 3. The maximum absolute atomic E-state index is 13.5. The van der Waals surface area contributed by atoms with Gasteiger partial charge in [-0.3, -0.25) is 42.4 Å². The molecular weight excluding hydrogens is 1300 g/mol. The zero-order valence-corrected chi connectivity index (χ0v) is 59.2. The molecule has 4 atom stereocenters. The molecule has 0 amide bonds. The van der Waals surface area contributed by atoms with Gasteiger partial charge in [0.2, 0.25) is 17.2 Å². The number of fused-ring (bicyclic) bond motifs is 6. The Bertz CT molecular complexity index is 5300. The van der Waals surface area contributed by atoms with Crippen LogP contribution in [0.15, 0.2) is 124 Å². The highest BCUT2D eigenvalue weighted by atomic mass is 35.5. The Balaban J connectivity index is 0.000000103. The number of hydrogen-bond acceptors (Lipinski definition) is 17.